The van der Waals surface area contributed by atoms with E-state index < -0.39 is 5.97 Å². The Morgan fingerprint density at radius 1 is 1.16 bits per heavy atom. The largest absolute Gasteiger partial charge is 0.481 e. The summed E-state index contributed by atoms with van der Waals surface area (Å²) in [6.07, 6.45) is 3.00. The minimum atomic E-state index is -0.704. The van der Waals surface area contributed by atoms with Gasteiger partial charge in [0.2, 0.25) is 0 Å². The number of unbranched alkanes of at least 4 members (excludes halogenated alkanes) is 2. The van der Waals surface area contributed by atoms with Crippen molar-refractivity contribution in [3.8, 4) is 0 Å². The van der Waals surface area contributed by atoms with Crippen LogP contribution in [0.5, 0.6) is 0 Å². The lowest BCUT2D eigenvalue weighted by atomic mass is 10.2. The van der Waals surface area contributed by atoms with Crippen LogP contribution >= 0.6 is 0 Å². The Bertz CT molecular complexity index is 374. The van der Waals surface area contributed by atoms with E-state index in [1.165, 1.54) is 5.56 Å². The first-order valence-electron chi connectivity index (χ1n) is 6.77. The van der Waals surface area contributed by atoms with E-state index in [1.54, 1.807) is 0 Å². The van der Waals surface area contributed by atoms with Crippen molar-refractivity contribution in [3.63, 3.8) is 0 Å². The van der Waals surface area contributed by atoms with Crippen molar-refractivity contribution in [2.24, 2.45) is 0 Å². The molecule has 0 saturated carbocycles. The van der Waals surface area contributed by atoms with Gasteiger partial charge in [-0.05, 0) is 44.6 Å². The van der Waals surface area contributed by atoms with E-state index in [9.17, 15) is 4.79 Å². The second-order valence-corrected chi connectivity index (χ2v) is 5.07. The fourth-order valence-corrected chi connectivity index (χ4v) is 1.90. The Morgan fingerprint density at radius 3 is 2.42 bits per heavy atom. The zero-order chi connectivity index (χ0) is 14.1. The summed E-state index contributed by atoms with van der Waals surface area (Å²) in [6.45, 7) is 1.85. The highest BCUT2D eigenvalue weighted by Gasteiger charge is 1.98. The lowest BCUT2D eigenvalue weighted by molar-refractivity contribution is -0.137. The van der Waals surface area contributed by atoms with Crippen LogP contribution in [0.3, 0.4) is 0 Å². The smallest absolute Gasteiger partial charge is 0.303 e. The minimum absolute atomic E-state index is 0.277. The van der Waals surface area contributed by atoms with Gasteiger partial charge in [0.1, 0.15) is 0 Å². The van der Waals surface area contributed by atoms with Crippen molar-refractivity contribution in [2.45, 2.75) is 32.2 Å². The molecule has 0 radical (unpaired) electrons. The molecule has 1 aromatic rings. The Morgan fingerprint density at radius 2 is 1.84 bits per heavy atom. The molecule has 0 fully saturated rings. The van der Waals surface area contributed by atoms with E-state index in [4.69, 9.17) is 5.11 Å². The molecule has 0 amide bonds. The Balaban J connectivity index is 2.17. The quantitative estimate of drug-likeness (QED) is 0.673. The summed E-state index contributed by atoms with van der Waals surface area (Å²) in [6, 6.07) is 8.45. The number of carboxylic acid groups (broad SMARTS) is 1. The third-order valence-corrected chi connectivity index (χ3v) is 2.85. The monoisotopic (exact) mass is 264 g/mol. The maximum atomic E-state index is 10.3. The van der Waals surface area contributed by atoms with Crippen LogP contribution in [0.1, 0.15) is 31.2 Å². The maximum absolute atomic E-state index is 10.3. The third kappa shape index (κ3) is 7.47. The average molecular weight is 264 g/mol. The van der Waals surface area contributed by atoms with Gasteiger partial charge in [-0.3, -0.25) is 4.79 Å². The maximum Gasteiger partial charge on any atom is 0.303 e. The number of hydrogen-bond acceptors (Lipinski definition) is 3. The van der Waals surface area contributed by atoms with Crippen LogP contribution in [0, 0.1) is 0 Å². The van der Waals surface area contributed by atoms with Gasteiger partial charge in [-0.1, -0.05) is 18.6 Å². The highest BCUT2D eigenvalue weighted by Crippen LogP contribution is 2.11. The lowest BCUT2D eigenvalue weighted by Gasteiger charge is -2.11. The predicted octanol–water partition coefficient (Wildman–Crippen LogP) is 2.81. The Hall–Kier alpha value is -1.55. The molecule has 106 valence electrons. The number of nitrogens with one attached hydrogen (secondary N) is 1. The molecule has 4 heteroatoms. The summed E-state index contributed by atoms with van der Waals surface area (Å²) in [5, 5.41) is 11.9. The molecule has 0 heterocycles. The Kier molecular flexibility index (Phi) is 6.97. The second-order valence-electron chi connectivity index (χ2n) is 5.07. The van der Waals surface area contributed by atoms with E-state index in [-0.39, 0.29) is 6.42 Å². The van der Waals surface area contributed by atoms with Crippen molar-refractivity contribution in [1.29, 1.82) is 0 Å². The van der Waals surface area contributed by atoms with E-state index >= 15 is 0 Å². The number of carboxylic acids is 1. The number of carbonyl (C=O) groups is 1. The topological polar surface area (TPSA) is 52.6 Å². The van der Waals surface area contributed by atoms with Crippen LogP contribution in [0.2, 0.25) is 0 Å². The number of rotatable bonds is 9. The molecule has 19 heavy (non-hydrogen) atoms. The normalized spacial score (nSPS) is 10.7. The number of hydrogen-bond donors (Lipinski definition) is 2. The average Bonchev–Trinajstić information content (AvgIpc) is 2.34. The van der Waals surface area contributed by atoms with Gasteiger partial charge in [0.25, 0.3) is 0 Å². The molecule has 0 spiro atoms. The molecule has 0 unspecified atom stereocenters. The van der Waals surface area contributed by atoms with Gasteiger partial charge in [0.15, 0.2) is 0 Å². The van der Waals surface area contributed by atoms with Gasteiger partial charge in [-0.2, -0.15) is 0 Å². The molecule has 0 aromatic heterocycles. The highest BCUT2D eigenvalue weighted by atomic mass is 16.4. The van der Waals surface area contributed by atoms with Gasteiger partial charge in [-0.15, -0.1) is 0 Å². The minimum Gasteiger partial charge on any atom is -0.481 e. The second kappa shape index (κ2) is 8.53. The molecule has 0 saturated heterocycles. The van der Waals surface area contributed by atoms with Crippen LogP contribution in [0.25, 0.3) is 0 Å². The molecule has 0 bridgehead atoms. The van der Waals surface area contributed by atoms with Crippen molar-refractivity contribution < 1.29 is 9.90 Å². The number of benzene rings is 1. The van der Waals surface area contributed by atoms with Crippen LogP contribution in [-0.2, 0) is 11.3 Å². The highest BCUT2D eigenvalue weighted by molar-refractivity contribution is 5.66. The van der Waals surface area contributed by atoms with Crippen LogP contribution in [0.4, 0.5) is 5.69 Å². The van der Waals surface area contributed by atoms with Crippen molar-refractivity contribution in [2.75, 3.05) is 26.0 Å². The van der Waals surface area contributed by atoms with E-state index in [0.29, 0.717) is 0 Å². The molecule has 0 atom stereocenters. The first-order valence-corrected chi connectivity index (χ1v) is 6.77. The molecule has 1 rings (SSSR count). The van der Waals surface area contributed by atoms with Crippen LogP contribution in [-0.4, -0.2) is 36.6 Å². The summed E-state index contributed by atoms with van der Waals surface area (Å²) < 4.78 is 0. The summed E-state index contributed by atoms with van der Waals surface area (Å²) in [5.74, 6) is -0.704. The molecule has 0 aliphatic rings. The molecule has 0 aliphatic carbocycles. The SMILES string of the molecule is CN(C)Cc1ccc(NCCCCCC(=O)O)cc1. The summed E-state index contributed by atoms with van der Waals surface area (Å²) in [7, 11) is 4.12. The molecule has 2 N–H and O–H groups in total. The fraction of sp³-hybridized carbons (Fsp3) is 0.533. The van der Waals surface area contributed by atoms with Crippen LogP contribution < -0.4 is 5.32 Å². The summed E-state index contributed by atoms with van der Waals surface area (Å²) in [5.41, 5.74) is 2.43. The number of anilines is 1. The third-order valence-electron chi connectivity index (χ3n) is 2.85. The molecular weight excluding hydrogens is 240 g/mol. The van der Waals surface area contributed by atoms with Crippen molar-refractivity contribution in [3.05, 3.63) is 29.8 Å². The predicted molar refractivity (Wildman–Crippen MR) is 78.4 cm³/mol. The van der Waals surface area contributed by atoms with Gasteiger partial charge in [0.05, 0.1) is 0 Å². The summed E-state index contributed by atoms with van der Waals surface area (Å²) in [4.78, 5) is 12.5. The van der Waals surface area contributed by atoms with Crippen molar-refractivity contribution >= 4 is 11.7 Å². The zero-order valence-electron chi connectivity index (χ0n) is 11.9. The van der Waals surface area contributed by atoms with Gasteiger partial charge in [0, 0.05) is 25.2 Å². The molecule has 4 nitrogen and oxygen atoms in total. The number of aliphatic carboxylic acids is 1. The first-order chi connectivity index (χ1) is 9.08. The van der Waals surface area contributed by atoms with E-state index in [1.807, 2.05) is 0 Å². The summed E-state index contributed by atoms with van der Waals surface area (Å²) >= 11 is 0. The van der Waals surface area contributed by atoms with Crippen LogP contribution in [0.15, 0.2) is 24.3 Å². The van der Waals surface area contributed by atoms with Crippen molar-refractivity contribution in [1.82, 2.24) is 4.90 Å². The molecular formula is C15H24N2O2. The zero-order valence-corrected chi connectivity index (χ0v) is 11.9. The van der Waals surface area contributed by atoms with E-state index in [0.717, 1.165) is 38.0 Å². The van der Waals surface area contributed by atoms with Gasteiger partial charge in [-0.25, -0.2) is 0 Å². The molecule has 1 aromatic carbocycles. The Labute approximate surface area is 115 Å². The lowest BCUT2D eigenvalue weighted by Crippen LogP contribution is -2.10. The van der Waals surface area contributed by atoms with E-state index in [2.05, 4.69) is 48.6 Å². The number of nitrogens with zero attached hydrogens (tertiary/aromatic N) is 1. The first kappa shape index (κ1) is 15.5. The molecule has 0 aliphatic heterocycles. The fourth-order valence-electron chi connectivity index (χ4n) is 1.90. The van der Waals surface area contributed by atoms with Gasteiger partial charge < -0.3 is 15.3 Å². The standard InChI is InChI=1S/C15H24N2O2/c1-17(2)12-13-7-9-14(10-8-13)16-11-5-3-4-6-15(18)19/h7-10,16H,3-6,11-12H2,1-2H3,(H,18,19). The van der Waals surface area contributed by atoms with Gasteiger partial charge >= 0.3 is 5.97 Å².